The van der Waals surface area contributed by atoms with Crippen molar-refractivity contribution in [2.45, 2.75) is 71.6 Å². The SMILES string of the molecule is CCC1CCB(C2C[C@@H]3C[C@H](C2C)C3(C)C)O1. The monoisotopic (exact) mass is 234 g/mol. The minimum absolute atomic E-state index is 0.568. The molecule has 0 spiro atoms. The van der Waals surface area contributed by atoms with E-state index in [0.29, 0.717) is 18.4 Å². The average molecular weight is 234 g/mol. The van der Waals surface area contributed by atoms with Crippen LogP contribution >= 0.6 is 0 Å². The summed E-state index contributed by atoms with van der Waals surface area (Å²) in [5, 5.41) is 0. The van der Waals surface area contributed by atoms with Gasteiger partial charge in [0.25, 0.3) is 6.92 Å². The first-order chi connectivity index (χ1) is 8.04. The lowest BCUT2D eigenvalue weighted by Crippen LogP contribution is -2.55. The molecule has 4 fully saturated rings. The molecule has 4 aliphatic rings. The quantitative estimate of drug-likeness (QED) is 0.649. The molecule has 0 aromatic rings. The summed E-state index contributed by atoms with van der Waals surface area (Å²) >= 11 is 0. The summed E-state index contributed by atoms with van der Waals surface area (Å²) in [5.74, 6) is 3.70. The van der Waals surface area contributed by atoms with Crippen molar-refractivity contribution in [3.8, 4) is 0 Å². The van der Waals surface area contributed by atoms with Crippen LogP contribution in [0.3, 0.4) is 0 Å². The minimum Gasteiger partial charge on any atom is -0.433 e. The molecule has 3 unspecified atom stereocenters. The van der Waals surface area contributed by atoms with Gasteiger partial charge in [0.2, 0.25) is 0 Å². The Labute approximate surface area is 107 Å². The molecular weight excluding hydrogens is 207 g/mol. The highest BCUT2D eigenvalue weighted by molar-refractivity contribution is 6.54. The van der Waals surface area contributed by atoms with Gasteiger partial charge in [-0.25, -0.2) is 0 Å². The molecule has 3 aliphatic carbocycles. The Morgan fingerprint density at radius 1 is 1.29 bits per heavy atom. The van der Waals surface area contributed by atoms with E-state index in [-0.39, 0.29) is 0 Å². The van der Waals surface area contributed by atoms with Gasteiger partial charge >= 0.3 is 0 Å². The van der Waals surface area contributed by atoms with Gasteiger partial charge in [0.15, 0.2) is 0 Å². The zero-order chi connectivity index (χ0) is 12.2. The molecule has 1 aliphatic heterocycles. The lowest BCUT2D eigenvalue weighted by Gasteiger charge is -2.62. The summed E-state index contributed by atoms with van der Waals surface area (Å²) < 4.78 is 6.26. The van der Waals surface area contributed by atoms with Gasteiger partial charge in [-0.3, -0.25) is 0 Å². The summed E-state index contributed by atoms with van der Waals surface area (Å²) in [6, 6.07) is 0. The first-order valence-electron chi connectivity index (χ1n) is 7.69. The largest absolute Gasteiger partial charge is 0.433 e. The first-order valence-corrected chi connectivity index (χ1v) is 7.69. The molecule has 5 atom stereocenters. The van der Waals surface area contributed by atoms with E-state index in [4.69, 9.17) is 4.65 Å². The summed E-state index contributed by atoms with van der Waals surface area (Å²) in [5.41, 5.74) is 0.624. The molecule has 0 aromatic carbocycles. The Hall–Kier alpha value is 0.0249. The van der Waals surface area contributed by atoms with Gasteiger partial charge < -0.3 is 4.65 Å². The predicted molar refractivity (Wildman–Crippen MR) is 73.3 cm³/mol. The molecule has 0 aromatic heterocycles. The van der Waals surface area contributed by atoms with Crippen molar-refractivity contribution in [1.82, 2.24) is 0 Å². The van der Waals surface area contributed by atoms with Crippen molar-refractivity contribution in [2.24, 2.45) is 23.2 Å². The van der Waals surface area contributed by atoms with Gasteiger partial charge in [0, 0.05) is 6.10 Å². The fourth-order valence-corrected chi connectivity index (χ4v) is 5.03. The van der Waals surface area contributed by atoms with Crippen molar-refractivity contribution in [3.05, 3.63) is 0 Å². The lowest BCUT2D eigenvalue weighted by molar-refractivity contribution is -0.101. The Morgan fingerprint density at radius 2 is 2.06 bits per heavy atom. The molecule has 2 bridgehead atoms. The van der Waals surface area contributed by atoms with Crippen LogP contribution in [0.5, 0.6) is 0 Å². The Morgan fingerprint density at radius 3 is 2.59 bits per heavy atom. The van der Waals surface area contributed by atoms with E-state index in [1.54, 1.807) is 0 Å². The lowest BCUT2D eigenvalue weighted by atomic mass is 9.35. The number of hydrogen-bond donors (Lipinski definition) is 0. The summed E-state index contributed by atoms with van der Waals surface area (Å²) in [4.78, 5) is 0. The molecule has 0 amide bonds. The van der Waals surface area contributed by atoms with Gasteiger partial charge in [-0.15, -0.1) is 0 Å². The van der Waals surface area contributed by atoms with E-state index >= 15 is 0 Å². The molecule has 3 saturated carbocycles. The molecule has 4 rings (SSSR count). The van der Waals surface area contributed by atoms with Crippen molar-refractivity contribution >= 4 is 6.92 Å². The third-order valence-corrected chi connectivity index (χ3v) is 6.49. The fraction of sp³-hybridized carbons (Fsp3) is 1.00. The highest BCUT2D eigenvalue weighted by Gasteiger charge is 2.58. The zero-order valence-electron chi connectivity index (χ0n) is 11.9. The standard InChI is InChI=1S/C15H27BO/c1-5-12-6-7-16(17-12)14-9-11-8-13(10(14)2)15(11,3)4/h10-14H,5-9H2,1-4H3/t10?,11-,12?,13+,14?/m0/s1. The maximum Gasteiger partial charge on any atom is 0.296 e. The Balaban J connectivity index is 1.67. The van der Waals surface area contributed by atoms with Crippen LogP contribution in [-0.2, 0) is 4.65 Å². The smallest absolute Gasteiger partial charge is 0.296 e. The van der Waals surface area contributed by atoms with Crippen LogP contribution in [0.4, 0.5) is 0 Å². The van der Waals surface area contributed by atoms with E-state index in [1.807, 2.05) is 0 Å². The molecule has 1 saturated heterocycles. The highest BCUT2D eigenvalue weighted by Crippen LogP contribution is 2.65. The molecule has 0 N–H and O–H groups in total. The van der Waals surface area contributed by atoms with Gasteiger partial charge in [-0.1, -0.05) is 34.1 Å². The average Bonchev–Trinajstić information content (AvgIpc) is 2.76. The first kappa shape index (κ1) is 12.1. The maximum atomic E-state index is 6.26. The van der Waals surface area contributed by atoms with Gasteiger partial charge in [-0.05, 0) is 54.6 Å². The van der Waals surface area contributed by atoms with Crippen molar-refractivity contribution < 1.29 is 4.65 Å². The molecule has 0 radical (unpaired) electrons. The van der Waals surface area contributed by atoms with Crippen LogP contribution in [0, 0.1) is 23.2 Å². The third kappa shape index (κ3) is 1.70. The molecule has 96 valence electrons. The van der Waals surface area contributed by atoms with Crippen LogP contribution in [-0.4, -0.2) is 13.0 Å². The predicted octanol–water partition coefficient (Wildman–Crippen LogP) is 4.25. The second kappa shape index (κ2) is 4.01. The van der Waals surface area contributed by atoms with E-state index in [0.717, 1.165) is 23.6 Å². The van der Waals surface area contributed by atoms with Crippen LogP contribution in [0.25, 0.3) is 0 Å². The molecule has 1 heterocycles. The Kier molecular flexibility index (Phi) is 2.85. The van der Waals surface area contributed by atoms with Crippen LogP contribution < -0.4 is 0 Å². The molecule has 17 heavy (non-hydrogen) atoms. The minimum atomic E-state index is 0.568. The fourth-order valence-electron chi connectivity index (χ4n) is 5.03. The molecule has 1 nitrogen and oxygen atoms in total. The normalized spacial score (nSPS) is 48.0. The van der Waals surface area contributed by atoms with Crippen molar-refractivity contribution in [3.63, 3.8) is 0 Å². The summed E-state index contributed by atoms with van der Waals surface area (Å²) in [6.45, 7) is 10.3. The number of rotatable bonds is 2. The number of hydrogen-bond acceptors (Lipinski definition) is 1. The van der Waals surface area contributed by atoms with E-state index < -0.39 is 0 Å². The van der Waals surface area contributed by atoms with Crippen molar-refractivity contribution in [2.75, 3.05) is 0 Å². The van der Waals surface area contributed by atoms with E-state index in [9.17, 15) is 0 Å². The zero-order valence-corrected chi connectivity index (χ0v) is 11.9. The van der Waals surface area contributed by atoms with Crippen LogP contribution in [0.15, 0.2) is 0 Å². The highest BCUT2D eigenvalue weighted by atomic mass is 16.5. The van der Waals surface area contributed by atoms with Crippen LogP contribution in [0.2, 0.25) is 12.1 Å². The summed E-state index contributed by atoms with van der Waals surface area (Å²) in [7, 11) is 0. The molecule has 2 heteroatoms. The third-order valence-electron chi connectivity index (χ3n) is 6.49. The summed E-state index contributed by atoms with van der Waals surface area (Å²) in [6.07, 6.45) is 7.34. The number of fused-ring (bicyclic) bond motifs is 2. The topological polar surface area (TPSA) is 9.23 Å². The second-order valence-corrected chi connectivity index (χ2v) is 7.40. The van der Waals surface area contributed by atoms with Gasteiger partial charge in [0.1, 0.15) is 0 Å². The van der Waals surface area contributed by atoms with E-state index in [2.05, 4.69) is 27.7 Å². The molecular formula is C15H27BO. The van der Waals surface area contributed by atoms with Crippen LogP contribution in [0.1, 0.15) is 53.4 Å². The Bertz CT molecular complexity index is 301. The van der Waals surface area contributed by atoms with Gasteiger partial charge in [0.05, 0.1) is 0 Å². The van der Waals surface area contributed by atoms with E-state index in [1.165, 1.54) is 32.0 Å². The van der Waals surface area contributed by atoms with Crippen molar-refractivity contribution in [1.29, 1.82) is 0 Å². The maximum absolute atomic E-state index is 6.26. The second-order valence-electron chi connectivity index (χ2n) is 7.40. The van der Waals surface area contributed by atoms with Gasteiger partial charge in [-0.2, -0.15) is 0 Å².